The summed E-state index contributed by atoms with van der Waals surface area (Å²) in [6.45, 7) is 1.49. The first kappa shape index (κ1) is 8.93. The van der Waals surface area contributed by atoms with Crippen molar-refractivity contribution < 1.29 is 4.92 Å². The zero-order valence-electron chi connectivity index (χ0n) is 7.88. The molecule has 0 bridgehead atoms. The van der Waals surface area contributed by atoms with Gasteiger partial charge in [0.15, 0.2) is 0 Å². The first-order valence-corrected chi connectivity index (χ1v) is 4.53. The standard InChI is InChI=1S/C9H11N3O2/c1-7(12(13)14)4-9-5-10-6-11(9)8-2-3-8/h4-6,8H,2-3H2,1H3. The van der Waals surface area contributed by atoms with Crippen LogP contribution in [0.25, 0.3) is 6.08 Å². The summed E-state index contributed by atoms with van der Waals surface area (Å²) in [4.78, 5) is 14.0. The molecule has 0 aliphatic heterocycles. The number of nitrogens with zero attached hydrogens (tertiary/aromatic N) is 3. The van der Waals surface area contributed by atoms with Gasteiger partial charge in [-0.25, -0.2) is 4.98 Å². The van der Waals surface area contributed by atoms with Gasteiger partial charge in [0.2, 0.25) is 5.70 Å². The van der Waals surface area contributed by atoms with Crippen LogP contribution < -0.4 is 0 Å². The Morgan fingerprint density at radius 1 is 1.79 bits per heavy atom. The Labute approximate surface area is 81.2 Å². The third-order valence-corrected chi connectivity index (χ3v) is 2.28. The van der Waals surface area contributed by atoms with Crippen LogP contribution in [-0.2, 0) is 0 Å². The quantitative estimate of drug-likeness (QED) is 0.543. The van der Waals surface area contributed by atoms with E-state index in [4.69, 9.17) is 0 Å². The summed E-state index contributed by atoms with van der Waals surface area (Å²) in [5, 5.41) is 10.4. The molecular formula is C9H11N3O2. The average molecular weight is 193 g/mol. The summed E-state index contributed by atoms with van der Waals surface area (Å²) in [6, 6.07) is 0.503. The Balaban J connectivity index is 2.27. The van der Waals surface area contributed by atoms with Crippen molar-refractivity contribution in [1.29, 1.82) is 0 Å². The predicted molar refractivity (Wildman–Crippen MR) is 51.1 cm³/mol. The van der Waals surface area contributed by atoms with Gasteiger partial charge in [0.05, 0.1) is 23.1 Å². The fourth-order valence-electron chi connectivity index (χ4n) is 1.35. The van der Waals surface area contributed by atoms with Gasteiger partial charge in [-0.15, -0.1) is 0 Å². The van der Waals surface area contributed by atoms with Crippen molar-refractivity contribution in [3.63, 3.8) is 0 Å². The van der Waals surface area contributed by atoms with Gasteiger partial charge in [-0.05, 0) is 12.8 Å². The predicted octanol–water partition coefficient (Wildman–Crippen LogP) is 1.86. The Morgan fingerprint density at radius 3 is 3.07 bits per heavy atom. The Kier molecular flexibility index (Phi) is 2.07. The second kappa shape index (κ2) is 3.25. The molecule has 0 amide bonds. The molecule has 5 heteroatoms. The minimum atomic E-state index is -0.385. The SMILES string of the molecule is CC(=Cc1cncn1C1CC1)[N+](=O)[O-]. The van der Waals surface area contributed by atoms with E-state index in [9.17, 15) is 10.1 Å². The van der Waals surface area contributed by atoms with Gasteiger partial charge in [0.25, 0.3) is 0 Å². The van der Waals surface area contributed by atoms with Crippen LogP contribution in [0.1, 0.15) is 31.5 Å². The van der Waals surface area contributed by atoms with Crippen LogP contribution in [0.15, 0.2) is 18.2 Å². The van der Waals surface area contributed by atoms with Gasteiger partial charge >= 0.3 is 0 Å². The second-order valence-electron chi connectivity index (χ2n) is 3.50. The molecule has 0 N–H and O–H groups in total. The molecule has 1 saturated carbocycles. The lowest BCUT2D eigenvalue weighted by Crippen LogP contribution is -1.97. The number of nitro groups is 1. The number of hydrogen-bond donors (Lipinski definition) is 0. The number of aromatic nitrogens is 2. The van der Waals surface area contributed by atoms with Crippen LogP contribution in [0, 0.1) is 10.1 Å². The van der Waals surface area contributed by atoms with E-state index in [2.05, 4.69) is 4.98 Å². The van der Waals surface area contributed by atoms with Gasteiger partial charge in [0, 0.05) is 19.0 Å². The Bertz CT molecular complexity index is 391. The molecule has 14 heavy (non-hydrogen) atoms. The normalized spacial score (nSPS) is 17.1. The van der Waals surface area contributed by atoms with Crippen LogP contribution in [0.4, 0.5) is 0 Å². The maximum atomic E-state index is 10.4. The van der Waals surface area contributed by atoms with E-state index >= 15 is 0 Å². The summed E-state index contributed by atoms with van der Waals surface area (Å²) in [5.74, 6) is 0. The van der Waals surface area contributed by atoms with Crippen molar-refractivity contribution in [2.24, 2.45) is 0 Å². The molecule has 1 aromatic heterocycles. The third-order valence-electron chi connectivity index (χ3n) is 2.28. The lowest BCUT2D eigenvalue weighted by molar-refractivity contribution is -0.422. The van der Waals surface area contributed by atoms with Crippen LogP contribution in [0.2, 0.25) is 0 Å². The summed E-state index contributed by atoms with van der Waals surface area (Å²) < 4.78 is 1.99. The zero-order chi connectivity index (χ0) is 10.1. The molecule has 5 nitrogen and oxygen atoms in total. The van der Waals surface area contributed by atoms with E-state index in [1.807, 2.05) is 4.57 Å². The van der Waals surface area contributed by atoms with Crippen molar-refractivity contribution in [2.75, 3.05) is 0 Å². The molecule has 1 aliphatic rings. The molecule has 0 unspecified atom stereocenters. The van der Waals surface area contributed by atoms with Gasteiger partial charge in [-0.2, -0.15) is 0 Å². The van der Waals surface area contributed by atoms with E-state index in [0.717, 1.165) is 18.5 Å². The maximum Gasteiger partial charge on any atom is 0.245 e. The van der Waals surface area contributed by atoms with Gasteiger partial charge in [-0.1, -0.05) is 0 Å². The molecule has 1 aliphatic carbocycles. The minimum Gasteiger partial charge on any atom is -0.328 e. The van der Waals surface area contributed by atoms with E-state index in [1.54, 1.807) is 18.6 Å². The van der Waals surface area contributed by atoms with E-state index < -0.39 is 0 Å². The molecule has 0 spiro atoms. The van der Waals surface area contributed by atoms with Crippen molar-refractivity contribution >= 4 is 6.08 Å². The number of rotatable bonds is 3. The monoisotopic (exact) mass is 193 g/mol. The molecule has 1 aromatic rings. The molecule has 74 valence electrons. The average Bonchev–Trinajstić information content (AvgIpc) is 2.88. The number of imidazole rings is 1. The first-order valence-electron chi connectivity index (χ1n) is 4.53. The fourth-order valence-corrected chi connectivity index (χ4v) is 1.35. The lowest BCUT2D eigenvalue weighted by atomic mass is 10.3. The van der Waals surface area contributed by atoms with Crippen molar-refractivity contribution in [3.05, 3.63) is 34.0 Å². The van der Waals surface area contributed by atoms with E-state index in [1.165, 1.54) is 6.92 Å². The number of allylic oxidation sites excluding steroid dienone is 1. The van der Waals surface area contributed by atoms with Gasteiger partial charge in [0.1, 0.15) is 0 Å². The molecular weight excluding hydrogens is 182 g/mol. The van der Waals surface area contributed by atoms with Crippen molar-refractivity contribution in [1.82, 2.24) is 9.55 Å². The van der Waals surface area contributed by atoms with Crippen LogP contribution in [0.3, 0.4) is 0 Å². The molecule has 0 radical (unpaired) electrons. The summed E-state index contributed by atoms with van der Waals surface area (Å²) in [5.41, 5.74) is 0.967. The van der Waals surface area contributed by atoms with Crippen molar-refractivity contribution in [3.8, 4) is 0 Å². The van der Waals surface area contributed by atoms with E-state index in [-0.39, 0.29) is 10.6 Å². The minimum absolute atomic E-state index is 0.146. The van der Waals surface area contributed by atoms with Gasteiger partial charge < -0.3 is 4.57 Å². The lowest BCUT2D eigenvalue weighted by Gasteiger charge is -2.00. The summed E-state index contributed by atoms with van der Waals surface area (Å²) in [6.07, 6.45) is 7.25. The highest BCUT2D eigenvalue weighted by Gasteiger charge is 2.25. The highest BCUT2D eigenvalue weighted by molar-refractivity contribution is 5.46. The van der Waals surface area contributed by atoms with Crippen molar-refractivity contribution in [2.45, 2.75) is 25.8 Å². The largest absolute Gasteiger partial charge is 0.328 e. The smallest absolute Gasteiger partial charge is 0.245 e. The second-order valence-corrected chi connectivity index (χ2v) is 3.50. The highest BCUT2D eigenvalue weighted by Crippen LogP contribution is 2.35. The summed E-state index contributed by atoms with van der Waals surface area (Å²) in [7, 11) is 0. The molecule has 0 saturated heterocycles. The number of hydrogen-bond acceptors (Lipinski definition) is 3. The molecule has 0 aromatic carbocycles. The molecule has 1 heterocycles. The fraction of sp³-hybridized carbons (Fsp3) is 0.444. The van der Waals surface area contributed by atoms with Crippen LogP contribution in [0.5, 0.6) is 0 Å². The molecule has 1 fully saturated rings. The first-order chi connectivity index (χ1) is 6.68. The van der Waals surface area contributed by atoms with Crippen LogP contribution >= 0.6 is 0 Å². The summed E-state index contributed by atoms with van der Waals surface area (Å²) >= 11 is 0. The topological polar surface area (TPSA) is 61.0 Å². The van der Waals surface area contributed by atoms with Gasteiger partial charge in [-0.3, -0.25) is 10.1 Å². The zero-order valence-corrected chi connectivity index (χ0v) is 7.88. The highest BCUT2D eigenvalue weighted by atomic mass is 16.6. The van der Waals surface area contributed by atoms with E-state index in [0.29, 0.717) is 6.04 Å². The third kappa shape index (κ3) is 1.66. The van der Waals surface area contributed by atoms with Crippen LogP contribution in [-0.4, -0.2) is 14.5 Å². The maximum absolute atomic E-state index is 10.4. The Hall–Kier alpha value is -1.65. The molecule has 0 atom stereocenters. The molecule has 2 rings (SSSR count). The Morgan fingerprint density at radius 2 is 2.50 bits per heavy atom.